The lowest BCUT2D eigenvalue weighted by Crippen LogP contribution is -2.26. The average Bonchev–Trinajstić information content (AvgIpc) is 2.93. The van der Waals surface area contributed by atoms with Crippen molar-refractivity contribution in [3.05, 3.63) is 107 Å². The van der Waals surface area contributed by atoms with Gasteiger partial charge >= 0.3 is 0 Å². The molecule has 0 unspecified atom stereocenters. The minimum atomic E-state index is -0.394. The number of nitrogens with two attached hydrogens (primary N) is 1. The van der Waals surface area contributed by atoms with Gasteiger partial charge in [-0.25, -0.2) is 4.98 Å². The first-order chi connectivity index (χ1) is 18.4. The van der Waals surface area contributed by atoms with Gasteiger partial charge in [-0.05, 0) is 53.8 Å². The van der Waals surface area contributed by atoms with E-state index in [0.29, 0.717) is 16.9 Å². The molecule has 2 aromatic heterocycles. The molecule has 0 radical (unpaired) electrons. The summed E-state index contributed by atoms with van der Waals surface area (Å²) in [6.07, 6.45) is 1.39. The van der Waals surface area contributed by atoms with Crippen LogP contribution < -0.4 is 21.5 Å². The van der Waals surface area contributed by atoms with Crippen LogP contribution in [-0.2, 0) is 0 Å². The van der Waals surface area contributed by atoms with Crippen LogP contribution >= 0.6 is 0 Å². The number of anilines is 3. The van der Waals surface area contributed by atoms with E-state index in [9.17, 15) is 10.1 Å². The maximum absolute atomic E-state index is 14.3. The van der Waals surface area contributed by atoms with Crippen LogP contribution in [0.4, 0.5) is 17.5 Å². The second-order valence-corrected chi connectivity index (χ2v) is 9.23. The average molecular weight is 502 g/mol. The Morgan fingerprint density at radius 2 is 1.79 bits per heavy atom. The Bertz CT molecular complexity index is 1740. The fourth-order valence-corrected chi connectivity index (χ4v) is 4.60. The molecule has 5 rings (SSSR count). The molecular formula is C30H27N7O. The lowest BCUT2D eigenvalue weighted by Gasteiger charge is -2.22. The van der Waals surface area contributed by atoms with Crippen molar-refractivity contribution >= 4 is 28.2 Å². The second-order valence-electron chi connectivity index (χ2n) is 9.23. The normalized spacial score (nSPS) is 11.6. The van der Waals surface area contributed by atoms with E-state index in [0.717, 1.165) is 27.9 Å². The minimum Gasteiger partial charge on any atom is -0.378 e. The molecule has 5 aromatic rings. The predicted octanol–water partition coefficient (Wildman–Crippen LogP) is 5.14. The van der Waals surface area contributed by atoms with Crippen LogP contribution in [0, 0.1) is 11.3 Å². The molecule has 38 heavy (non-hydrogen) atoms. The van der Waals surface area contributed by atoms with Crippen molar-refractivity contribution in [2.75, 3.05) is 30.0 Å². The van der Waals surface area contributed by atoms with Gasteiger partial charge in [0.15, 0.2) is 0 Å². The number of benzene rings is 3. The number of hydrogen-bond acceptors (Lipinski definition) is 7. The van der Waals surface area contributed by atoms with Crippen molar-refractivity contribution in [1.29, 1.82) is 5.26 Å². The lowest BCUT2D eigenvalue weighted by molar-refractivity contribution is 0.772. The summed E-state index contributed by atoms with van der Waals surface area (Å²) in [5.41, 5.74) is 10.3. The quantitative estimate of drug-likeness (QED) is 0.331. The topological polar surface area (TPSA) is 113 Å². The number of nitrogen functional groups attached to an aromatic ring is 1. The number of aromatic nitrogens is 3. The zero-order chi connectivity index (χ0) is 26.8. The molecule has 0 fully saturated rings. The molecule has 188 valence electrons. The zero-order valence-corrected chi connectivity index (χ0v) is 21.4. The van der Waals surface area contributed by atoms with Gasteiger partial charge in [-0.2, -0.15) is 10.2 Å². The molecule has 0 bridgehead atoms. The third kappa shape index (κ3) is 4.53. The Morgan fingerprint density at radius 3 is 2.53 bits per heavy atom. The van der Waals surface area contributed by atoms with E-state index < -0.39 is 6.04 Å². The molecule has 2 heterocycles. The van der Waals surface area contributed by atoms with Crippen LogP contribution in [0.5, 0.6) is 0 Å². The third-order valence-electron chi connectivity index (χ3n) is 6.49. The van der Waals surface area contributed by atoms with E-state index in [1.807, 2.05) is 98.7 Å². The summed E-state index contributed by atoms with van der Waals surface area (Å²) in [6.45, 7) is 1.92. The van der Waals surface area contributed by atoms with Crippen molar-refractivity contribution in [3.63, 3.8) is 0 Å². The fourth-order valence-electron chi connectivity index (χ4n) is 4.60. The number of hydrogen-bond donors (Lipinski definition) is 2. The van der Waals surface area contributed by atoms with Gasteiger partial charge in [0.25, 0.3) is 5.56 Å². The summed E-state index contributed by atoms with van der Waals surface area (Å²) in [5.74, 6) is 0.371. The van der Waals surface area contributed by atoms with Crippen LogP contribution in [0.1, 0.15) is 24.2 Å². The number of nitriles is 1. The summed E-state index contributed by atoms with van der Waals surface area (Å²) in [4.78, 5) is 24.5. The van der Waals surface area contributed by atoms with Crippen LogP contribution in [0.2, 0.25) is 0 Å². The molecule has 3 aromatic carbocycles. The molecule has 0 aliphatic heterocycles. The van der Waals surface area contributed by atoms with Crippen molar-refractivity contribution < 1.29 is 0 Å². The van der Waals surface area contributed by atoms with Crippen LogP contribution in [-0.4, -0.2) is 28.6 Å². The highest BCUT2D eigenvalue weighted by molar-refractivity contribution is 5.97. The van der Waals surface area contributed by atoms with Gasteiger partial charge in [0, 0.05) is 31.2 Å². The van der Waals surface area contributed by atoms with Gasteiger partial charge in [0.2, 0.25) is 5.95 Å². The molecule has 0 saturated carbocycles. The molecule has 0 saturated heterocycles. The summed E-state index contributed by atoms with van der Waals surface area (Å²) < 4.78 is 1.72. The summed E-state index contributed by atoms with van der Waals surface area (Å²) in [5, 5.41) is 14.3. The highest BCUT2D eigenvalue weighted by atomic mass is 16.1. The molecule has 0 amide bonds. The monoisotopic (exact) mass is 501 g/mol. The zero-order valence-electron chi connectivity index (χ0n) is 21.4. The maximum Gasteiger partial charge on any atom is 0.263 e. The predicted molar refractivity (Wildman–Crippen MR) is 153 cm³/mol. The standard InChI is InChI=1S/C30H27N7O/c1-19(34-28-22(17-31)18-33-30(32)35-28)26-16-21-10-8-14-25(20-9-7-13-24(15-20)36(2)3)27(21)29(38)37(26)23-11-5-4-6-12-23/h4-16,18-19H,1-3H3,(H3,32,33,34,35)/t19-/m0/s1. The van der Waals surface area contributed by atoms with E-state index in [4.69, 9.17) is 5.73 Å². The molecule has 0 aliphatic carbocycles. The van der Waals surface area contributed by atoms with E-state index in [1.165, 1.54) is 6.20 Å². The minimum absolute atomic E-state index is 0.0576. The molecular weight excluding hydrogens is 474 g/mol. The third-order valence-corrected chi connectivity index (χ3v) is 6.49. The number of pyridine rings is 1. The smallest absolute Gasteiger partial charge is 0.263 e. The van der Waals surface area contributed by atoms with E-state index in [-0.39, 0.29) is 17.1 Å². The fraction of sp³-hybridized carbons (Fsp3) is 0.133. The van der Waals surface area contributed by atoms with Crippen LogP contribution in [0.15, 0.2) is 89.9 Å². The number of fused-ring (bicyclic) bond motifs is 1. The van der Waals surface area contributed by atoms with E-state index in [1.54, 1.807) is 4.57 Å². The Hall–Kier alpha value is -5.16. The Balaban J connectivity index is 1.74. The number of para-hydroxylation sites is 1. The number of nitrogens with zero attached hydrogens (tertiary/aromatic N) is 5. The Labute approximate surface area is 220 Å². The molecule has 8 heteroatoms. The highest BCUT2D eigenvalue weighted by Crippen LogP contribution is 2.32. The van der Waals surface area contributed by atoms with Crippen molar-refractivity contribution in [1.82, 2.24) is 14.5 Å². The van der Waals surface area contributed by atoms with Gasteiger partial charge in [-0.15, -0.1) is 0 Å². The first-order valence-electron chi connectivity index (χ1n) is 12.2. The molecule has 8 nitrogen and oxygen atoms in total. The number of nitrogens with one attached hydrogen (secondary N) is 1. The number of rotatable bonds is 6. The first-order valence-corrected chi connectivity index (χ1v) is 12.2. The molecule has 1 atom stereocenters. The van der Waals surface area contributed by atoms with E-state index >= 15 is 0 Å². The summed E-state index contributed by atoms with van der Waals surface area (Å²) in [7, 11) is 3.99. The van der Waals surface area contributed by atoms with Gasteiger partial charge in [-0.3, -0.25) is 9.36 Å². The Kier molecular flexibility index (Phi) is 6.50. The van der Waals surface area contributed by atoms with Crippen LogP contribution in [0.25, 0.3) is 27.6 Å². The van der Waals surface area contributed by atoms with Gasteiger partial charge in [-0.1, -0.05) is 48.5 Å². The highest BCUT2D eigenvalue weighted by Gasteiger charge is 2.20. The largest absolute Gasteiger partial charge is 0.378 e. The Morgan fingerprint density at radius 1 is 1.03 bits per heavy atom. The van der Waals surface area contributed by atoms with Crippen molar-refractivity contribution in [3.8, 4) is 22.9 Å². The summed E-state index contributed by atoms with van der Waals surface area (Å²) in [6, 6.07) is 27.3. The van der Waals surface area contributed by atoms with Gasteiger partial charge < -0.3 is 16.0 Å². The summed E-state index contributed by atoms with van der Waals surface area (Å²) >= 11 is 0. The van der Waals surface area contributed by atoms with E-state index in [2.05, 4.69) is 27.4 Å². The van der Waals surface area contributed by atoms with Crippen LogP contribution in [0.3, 0.4) is 0 Å². The second kappa shape index (κ2) is 10.1. The molecule has 3 N–H and O–H groups in total. The van der Waals surface area contributed by atoms with Gasteiger partial charge in [0.1, 0.15) is 17.5 Å². The molecule has 0 spiro atoms. The molecule has 0 aliphatic rings. The maximum atomic E-state index is 14.3. The lowest BCUT2D eigenvalue weighted by atomic mass is 9.97. The first kappa shape index (κ1) is 24.5. The van der Waals surface area contributed by atoms with Crippen molar-refractivity contribution in [2.45, 2.75) is 13.0 Å². The van der Waals surface area contributed by atoms with Crippen molar-refractivity contribution in [2.24, 2.45) is 0 Å². The SMILES string of the molecule is C[C@H](Nc1nc(N)ncc1C#N)c1cc2cccc(-c3cccc(N(C)C)c3)c2c(=O)n1-c1ccccc1. The van der Waals surface area contributed by atoms with Gasteiger partial charge in [0.05, 0.1) is 17.6 Å².